The maximum Gasteiger partial charge on any atom is 0.243 e. The van der Waals surface area contributed by atoms with Gasteiger partial charge in [0.25, 0.3) is 0 Å². The summed E-state index contributed by atoms with van der Waals surface area (Å²) in [4.78, 5) is 0.303. The normalized spacial score (nSPS) is 22.8. The lowest BCUT2D eigenvalue weighted by molar-refractivity contribution is 0.444. The highest BCUT2D eigenvalue weighted by atomic mass is 79.9. The van der Waals surface area contributed by atoms with E-state index in [1.807, 2.05) is 0 Å². The van der Waals surface area contributed by atoms with Crippen LogP contribution in [-0.2, 0) is 15.9 Å². The number of halogens is 2. The highest BCUT2D eigenvalue weighted by Crippen LogP contribution is 2.39. The van der Waals surface area contributed by atoms with Crippen molar-refractivity contribution in [1.29, 1.82) is 0 Å². The zero-order chi connectivity index (χ0) is 14.2. The van der Waals surface area contributed by atoms with Crippen LogP contribution in [0.3, 0.4) is 0 Å². The van der Waals surface area contributed by atoms with E-state index < -0.39 is 10.0 Å². The first kappa shape index (κ1) is 15.3. The topological polar surface area (TPSA) is 37.4 Å². The molecule has 2 unspecified atom stereocenters. The SMILES string of the molecule is CC1CC1CN(C)S(=O)(=O)c1ccc(CCl)cc1Br. The zero-order valence-electron chi connectivity index (χ0n) is 10.9. The summed E-state index contributed by atoms with van der Waals surface area (Å²) < 4.78 is 27.0. The van der Waals surface area contributed by atoms with Gasteiger partial charge in [-0.2, -0.15) is 0 Å². The van der Waals surface area contributed by atoms with Crippen molar-refractivity contribution < 1.29 is 8.42 Å². The quantitative estimate of drug-likeness (QED) is 0.748. The van der Waals surface area contributed by atoms with E-state index in [9.17, 15) is 8.42 Å². The van der Waals surface area contributed by atoms with Crippen LogP contribution < -0.4 is 0 Å². The molecule has 1 aliphatic carbocycles. The molecule has 2 atom stereocenters. The first-order valence-corrected chi connectivity index (χ1v) is 8.93. The summed E-state index contributed by atoms with van der Waals surface area (Å²) in [6.07, 6.45) is 1.12. The number of alkyl halides is 1. The van der Waals surface area contributed by atoms with Crippen molar-refractivity contribution in [2.24, 2.45) is 11.8 Å². The summed E-state index contributed by atoms with van der Waals surface area (Å²) in [5.41, 5.74) is 0.894. The number of hydrogen-bond donors (Lipinski definition) is 0. The fourth-order valence-corrected chi connectivity index (χ4v) is 4.56. The molecule has 19 heavy (non-hydrogen) atoms. The van der Waals surface area contributed by atoms with E-state index >= 15 is 0 Å². The van der Waals surface area contributed by atoms with Crippen LogP contribution in [0.25, 0.3) is 0 Å². The minimum Gasteiger partial charge on any atom is -0.207 e. The second kappa shape index (κ2) is 5.72. The molecule has 0 radical (unpaired) electrons. The largest absolute Gasteiger partial charge is 0.243 e. The smallest absolute Gasteiger partial charge is 0.207 e. The lowest BCUT2D eigenvalue weighted by Gasteiger charge is -2.18. The van der Waals surface area contributed by atoms with Gasteiger partial charge < -0.3 is 0 Å². The maximum absolute atomic E-state index is 12.5. The van der Waals surface area contributed by atoms with Gasteiger partial charge in [-0.05, 0) is 51.9 Å². The third-order valence-electron chi connectivity index (χ3n) is 3.61. The molecule has 0 saturated heterocycles. The van der Waals surface area contributed by atoms with E-state index in [2.05, 4.69) is 22.9 Å². The lowest BCUT2D eigenvalue weighted by atomic mass is 10.2. The number of rotatable bonds is 5. The van der Waals surface area contributed by atoms with Gasteiger partial charge in [0.15, 0.2) is 0 Å². The summed E-state index contributed by atoms with van der Waals surface area (Å²) in [7, 11) is -1.79. The molecule has 0 amide bonds. The van der Waals surface area contributed by atoms with Crippen LogP contribution >= 0.6 is 27.5 Å². The first-order valence-electron chi connectivity index (χ1n) is 6.17. The Morgan fingerprint density at radius 1 is 1.47 bits per heavy atom. The summed E-state index contributed by atoms with van der Waals surface area (Å²) in [5.74, 6) is 1.51. The molecule has 0 bridgehead atoms. The average molecular weight is 367 g/mol. The molecule has 6 heteroatoms. The van der Waals surface area contributed by atoms with Crippen LogP contribution in [0.4, 0.5) is 0 Å². The van der Waals surface area contributed by atoms with Crippen molar-refractivity contribution in [2.75, 3.05) is 13.6 Å². The molecule has 1 aliphatic rings. The van der Waals surface area contributed by atoms with Crippen LogP contribution in [0.2, 0.25) is 0 Å². The zero-order valence-corrected chi connectivity index (χ0v) is 14.1. The molecule has 0 heterocycles. The van der Waals surface area contributed by atoms with Gasteiger partial charge in [-0.3, -0.25) is 0 Å². The number of sulfonamides is 1. The Kier molecular flexibility index (Phi) is 4.60. The molecule has 1 fully saturated rings. The Morgan fingerprint density at radius 2 is 2.11 bits per heavy atom. The van der Waals surface area contributed by atoms with Gasteiger partial charge in [0.2, 0.25) is 10.0 Å². The molecule has 1 saturated carbocycles. The second-order valence-electron chi connectivity index (χ2n) is 5.16. The fraction of sp³-hybridized carbons (Fsp3) is 0.538. The summed E-state index contributed by atoms with van der Waals surface area (Å²) in [6.45, 7) is 2.74. The standard InChI is InChI=1S/C13H17BrClNO2S/c1-9-5-11(9)8-16(2)19(17,18)13-4-3-10(7-15)6-12(13)14/h3-4,6,9,11H,5,7-8H2,1-2H3. The van der Waals surface area contributed by atoms with Crippen LogP contribution in [0.15, 0.2) is 27.6 Å². The van der Waals surface area contributed by atoms with Crippen molar-refractivity contribution in [3.8, 4) is 0 Å². The van der Waals surface area contributed by atoms with Crippen LogP contribution in [0.1, 0.15) is 18.9 Å². The first-order chi connectivity index (χ1) is 8.86. The number of hydrogen-bond acceptors (Lipinski definition) is 2. The van der Waals surface area contributed by atoms with Gasteiger partial charge in [0.05, 0.1) is 4.90 Å². The van der Waals surface area contributed by atoms with Gasteiger partial charge in [0, 0.05) is 23.9 Å². The molecule has 1 aromatic rings. The van der Waals surface area contributed by atoms with Crippen LogP contribution in [0, 0.1) is 11.8 Å². The molecule has 3 nitrogen and oxygen atoms in total. The molecule has 2 rings (SSSR count). The lowest BCUT2D eigenvalue weighted by Crippen LogP contribution is -2.29. The van der Waals surface area contributed by atoms with E-state index in [0.717, 1.165) is 12.0 Å². The van der Waals surface area contributed by atoms with Gasteiger partial charge >= 0.3 is 0 Å². The Morgan fingerprint density at radius 3 is 2.58 bits per heavy atom. The maximum atomic E-state index is 12.5. The average Bonchev–Trinajstić information content (AvgIpc) is 3.04. The predicted molar refractivity (Wildman–Crippen MR) is 80.8 cm³/mol. The summed E-state index contributed by atoms with van der Waals surface area (Å²) in [5, 5.41) is 0. The number of benzene rings is 1. The highest BCUT2D eigenvalue weighted by Gasteiger charge is 2.36. The third-order valence-corrected chi connectivity index (χ3v) is 6.72. The van der Waals surface area contributed by atoms with E-state index in [-0.39, 0.29) is 0 Å². The van der Waals surface area contributed by atoms with E-state index in [1.54, 1.807) is 25.2 Å². The van der Waals surface area contributed by atoms with Gasteiger partial charge in [-0.1, -0.05) is 13.0 Å². The monoisotopic (exact) mass is 365 g/mol. The summed E-state index contributed by atoms with van der Waals surface area (Å²) >= 11 is 9.06. The molecule has 0 aliphatic heterocycles. The molecule has 1 aromatic carbocycles. The molecular weight excluding hydrogens is 350 g/mol. The Balaban J connectivity index is 2.23. The minimum absolute atomic E-state index is 0.303. The Hall–Kier alpha value is -0.100. The van der Waals surface area contributed by atoms with Crippen molar-refractivity contribution in [2.45, 2.75) is 24.1 Å². The fourth-order valence-electron chi connectivity index (χ4n) is 2.09. The van der Waals surface area contributed by atoms with E-state index in [4.69, 9.17) is 11.6 Å². The molecule has 0 aromatic heterocycles. The van der Waals surface area contributed by atoms with Crippen LogP contribution in [0.5, 0.6) is 0 Å². The second-order valence-corrected chi connectivity index (χ2v) is 8.29. The Labute approximate surface area is 128 Å². The number of nitrogens with zero attached hydrogens (tertiary/aromatic N) is 1. The van der Waals surface area contributed by atoms with Crippen molar-refractivity contribution in [3.05, 3.63) is 28.2 Å². The van der Waals surface area contributed by atoms with Crippen molar-refractivity contribution >= 4 is 37.6 Å². The Bertz CT molecular complexity index is 576. The molecule has 0 N–H and O–H groups in total. The van der Waals surface area contributed by atoms with Crippen LogP contribution in [-0.4, -0.2) is 26.3 Å². The minimum atomic E-state index is -3.43. The van der Waals surface area contributed by atoms with Gasteiger partial charge in [-0.25, -0.2) is 12.7 Å². The molecule has 0 spiro atoms. The molecule has 106 valence electrons. The summed E-state index contributed by atoms with van der Waals surface area (Å²) in [6, 6.07) is 5.12. The molecular formula is C13H17BrClNO2S. The predicted octanol–water partition coefficient (Wildman–Crippen LogP) is 3.46. The third kappa shape index (κ3) is 3.32. The van der Waals surface area contributed by atoms with Gasteiger partial charge in [-0.15, -0.1) is 11.6 Å². The van der Waals surface area contributed by atoms with Crippen molar-refractivity contribution in [3.63, 3.8) is 0 Å². The van der Waals surface area contributed by atoms with E-state index in [1.165, 1.54) is 4.31 Å². The highest BCUT2D eigenvalue weighted by molar-refractivity contribution is 9.10. The van der Waals surface area contributed by atoms with Crippen molar-refractivity contribution in [1.82, 2.24) is 4.31 Å². The van der Waals surface area contributed by atoms with Gasteiger partial charge in [0.1, 0.15) is 0 Å². The van der Waals surface area contributed by atoms with E-state index in [0.29, 0.717) is 33.6 Å².